The van der Waals surface area contributed by atoms with Crippen molar-refractivity contribution in [3.8, 4) is 0 Å². The molecule has 1 amide bonds. The van der Waals surface area contributed by atoms with Gasteiger partial charge in [0, 0.05) is 10.7 Å². The molecule has 1 aromatic heterocycles. The van der Waals surface area contributed by atoms with E-state index in [1.807, 2.05) is 0 Å². The van der Waals surface area contributed by atoms with Crippen LogP contribution in [0.5, 0.6) is 0 Å². The molecule has 1 aromatic carbocycles. The normalized spacial score (nSPS) is 10.1. The minimum atomic E-state index is -0.654. The van der Waals surface area contributed by atoms with Crippen molar-refractivity contribution in [2.75, 3.05) is 12.4 Å². The van der Waals surface area contributed by atoms with E-state index in [0.717, 1.165) is 0 Å². The number of amides is 1. The lowest BCUT2D eigenvalue weighted by atomic mass is 10.3. The maximum atomic E-state index is 11.8. The van der Waals surface area contributed by atoms with Crippen molar-refractivity contribution >= 4 is 29.2 Å². The summed E-state index contributed by atoms with van der Waals surface area (Å²) in [7, 11) is 1.23. The average Bonchev–Trinajstić information content (AvgIpc) is 2.86. The van der Waals surface area contributed by atoms with Gasteiger partial charge in [0.2, 0.25) is 5.91 Å². The zero-order chi connectivity index (χ0) is 14.5. The Morgan fingerprint density at radius 3 is 2.95 bits per heavy atom. The van der Waals surface area contributed by atoms with Gasteiger partial charge in [0.25, 0.3) is 5.82 Å². The van der Waals surface area contributed by atoms with Crippen LogP contribution in [0.1, 0.15) is 10.6 Å². The average molecular weight is 295 g/mol. The number of hydrogen-bond acceptors (Lipinski definition) is 5. The Bertz CT molecular complexity index is 641. The molecule has 0 bridgehead atoms. The van der Waals surface area contributed by atoms with Crippen molar-refractivity contribution in [3.63, 3.8) is 0 Å². The molecular weight excluding hydrogens is 284 g/mol. The fraction of sp³-hybridized carbons (Fsp3) is 0.167. The Morgan fingerprint density at radius 1 is 1.45 bits per heavy atom. The second kappa shape index (κ2) is 6.16. The van der Waals surface area contributed by atoms with Gasteiger partial charge < -0.3 is 10.1 Å². The lowest BCUT2D eigenvalue weighted by Crippen LogP contribution is -2.19. The zero-order valence-electron chi connectivity index (χ0n) is 10.5. The summed E-state index contributed by atoms with van der Waals surface area (Å²) in [6, 6.07) is 6.77. The van der Waals surface area contributed by atoms with Gasteiger partial charge in [-0.05, 0) is 18.2 Å². The van der Waals surface area contributed by atoms with Crippen molar-refractivity contribution in [1.82, 2.24) is 14.8 Å². The molecule has 0 spiro atoms. The number of carbonyl (C=O) groups is 2. The van der Waals surface area contributed by atoms with E-state index in [9.17, 15) is 9.59 Å². The summed E-state index contributed by atoms with van der Waals surface area (Å²) in [4.78, 5) is 26.7. The van der Waals surface area contributed by atoms with E-state index in [4.69, 9.17) is 11.6 Å². The minimum Gasteiger partial charge on any atom is -0.463 e. The molecule has 2 aromatic rings. The van der Waals surface area contributed by atoms with Crippen LogP contribution in [0.15, 0.2) is 30.6 Å². The van der Waals surface area contributed by atoms with E-state index in [2.05, 4.69) is 20.1 Å². The van der Waals surface area contributed by atoms with Crippen LogP contribution in [0.3, 0.4) is 0 Å². The molecule has 0 radical (unpaired) electrons. The van der Waals surface area contributed by atoms with Crippen LogP contribution in [0.4, 0.5) is 5.69 Å². The molecule has 0 unspecified atom stereocenters. The monoisotopic (exact) mass is 294 g/mol. The van der Waals surface area contributed by atoms with Crippen molar-refractivity contribution < 1.29 is 14.3 Å². The molecule has 0 saturated heterocycles. The summed E-state index contributed by atoms with van der Waals surface area (Å²) >= 11 is 5.81. The van der Waals surface area contributed by atoms with E-state index >= 15 is 0 Å². The predicted molar refractivity (Wildman–Crippen MR) is 71.4 cm³/mol. The number of esters is 1. The van der Waals surface area contributed by atoms with Crippen molar-refractivity contribution in [1.29, 1.82) is 0 Å². The maximum Gasteiger partial charge on any atom is 0.377 e. The van der Waals surface area contributed by atoms with Gasteiger partial charge in [-0.1, -0.05) is 17.7 Å². The fourth-order valence-corrected chi connectivity index (χ4v) is 1.66. The number of hydrogen-bond donors (Lipinski definition) is 1. The first-order chi connectivity index (χ1) is 9.58. The van der Waals surface area contributed by atoms with Gasteiger partial charge in [-0.25, -0.2) is 14.5 Å². The SMILES string of the molecule is COC(=O)c1ncn(CC(=O)Nc2cccc(Cl)c2)n1. The van der Waals surface area contributed by atoms with Crippen LogP contribution < -0.4 is 5.32 Å². The van der Waals surface area contributed by atoms with Gasteiger partial charge >= 0.3 is 5.97 Å². The number of nitrogens with one attached hydrogen (secondary N) is 1. The first-order valence-electron chi connectivity index (χ1n) is 5.61. The topological polar surface area (TPSA) is 86.1 Å². The van der Waals surface area contributed by atoms with Gasteiger partial charge in [-0.2, -0.15) is 0 Å². The van der Waals surface area contributed by atoms with Crippen LogP contribution >= 0.6 is 11.6 Å². The van der Waals surface area contributed by atoms with Crippen LogP contribution in [0.2, 0.25) is 5.02 Å². The number of rotatable bonds is 4. The molecule has 7 nitrogen and oxygen atoms in total. The Hall–Kier alpha value is -2.41. The molecule has 1 N–H and O–H groups in total. The Kier molecular flexibility index (Phi) is 4.31. The van der Waals surface area contributed by atoms with Gasteiger partial charge in [0.05, 0.1) is 7.11 Å². The van der Waals surface area contributed by atoms with Crippen molar-refractivity contribution in [3.05, 3.63) is 41.4 Å². The van der Waals surface area contributed by atoms with Gasteiger partial charge in [0.15, 0.2) is 0 Å². The van der Waals surface area contributed by atoms with E-state index < -0.39 is 5.97 Å². The summed E-state index contributed by atoms with van der Waals surface area (Å²) in [5.74, 6) is -1.06. The van der Waals surface area contributed by atoms with E-state index in [-0.39, 0.29) is 18.3 Å². The maximum absolute atomic E-state index is 11.8. The standard InChI is InChI=1S/C12H11ClN4O3/c1-20-12(19)11-14-7-17(16-11)6-10(18)15-9-4-2-3-8(13)5-9/h2-5,7H,6H2,1H3,(H,15,18). The van der Waals surface area contributed by atoms with E-state index in [0.29, 0.717) is 10.7 Å². The molecule has 0 aliphatic heterocycles. The highest BCUT2D eigenvalue weighted by Gasteiger charge is 2.12. The number of methoxy groups -OCH3 is 1. The number of anilines is 1. The first-order valence-corrected chi connectivity index (χ1v) is 5.99. The Balaban J connectivity index is 1.98. The number of carbonyl (C=O) groups excluding carboxylic acids is 2. The highest BCUT2D eigenvalue weighted by Crippen LogP contribution is 2.14. The third-order valence-corrected chi connectivity index (χ3v) is 2.55. The van der Waals surface area contributed by atoms with Crippen LogP contribution in [0, 0.1) is 0 Å². The molecule has 0 atom stereocenters. The zero-order valence-corrected chi connectivity index (χ0v) is 11.3. The molecule has 104 valence electrons. The van der Waals surface area contributed by atoms with Gasteiger partial charge in [-0.3, -0.25) is 4.79 Å². The highest BCUT2D eigenvalue weighted by atomic mass is 35.5. The quantitative estimate of drug-likeness (QED) is 0.860. The summed E-state index contributed by atoms with van der Waals surface area (Å²) in [5.41, 5.74) is 0.579. The number of nitrogens with zero attached hydrogens (tertiary/aromatic N) is 3. The molecule has 1 heterocycles. The summed E-state index contributed by atoms with van der Waals surface area (Å²) in [6.45, 7) is -0.0729. The molecular formula is C12H11ClN4O3. The van der Waals surface area contributed by atoms with Crippen LogP contribution in [-0.2, 0) is 16.1 Å². The minimum absolute atomic E-state index is 0.0729. The van der Waals surface area contributed by atoms with Crippen LogP contribution in [0.25, 0.3) is 0 Å². The second-order valence-corrected chi connectivity index (χ2v) is 4.25. The summed E-state index contributed by atoms with van der Waals surface area (Å²) in [6.07, 6.45) is 1.28. The van der Waals surface area contributed by atoms with Crippen LogP contribution in [-0.4, -0.2) is 33.8 Å². The largest absolute Gasteiger partial charge is 0.463 e. The fourth-order valence-electron chi connectivity index (χ4n) is 1.47. The van der Waals surface area contributed by atoms with E-state index in [1.165, 1.54) is 18.1 Å². The molecule has 20 heavy (non-hydrogen) atoms. The highest BCUT2D eigenvalue weighted by molar-refractivity contribution is 6.30. The second-order valence-electron chi connectivity index (χ2n) is 3.82. The molecule has 0 saturated carbocycles. The lowest BCUT2D eigenvalue weighted by Gasteiger charge is -2.05. The molecule has 0 aliphatic carbocycles. The van der Waals surface area contributed by atoms with Gasteiger partial charge in [-0.15, -0.1) is 5.10 Å². The summed E-state index contributed by atoms with van der Waals surface area (Å²) in [5, 5.41) is 7.00. The summed E-state index contributed by atoms with van der Waals surface area (Å²) < 4.78 is 5.71. The third kappa shape index (κ3) is 3.55. The third-order valence-electron chi connectivity index (χ3n) is 2.32. The molecule has 0 fully saturated rings. The number of ether oxygens (including phenoxy) is 1. The Morgan fingerprint density at radius 2 is 2.25 bits per heavy atom. The number of halogens is 1. The lowest BCUT2D eigenvalue weighted by molar-refractivity contribution is -0.116. The number of benzene rings is 1. The molecule has 8 heteroatoms. The molecule has 0 aliphatic rings. The Labute approximate surface area is 119 Å². The van der Waals surface area contributed by atoms with Crippen molar-refractivity contribution in [2.45, 2.75) is 6.54 Å². The number of aromatic nitrogens is 3. The first kappa shape index (κ1) is 14.0. The smallest absolute Gasteiger partial charge is 0.377 e. The predicted octanol–water partition coefficient (Wildman–Crippen LogP) is 1.36. The molecule has 2 rings (SSSR count). The van der Waals surface area contributed by atoms with E-state index in [1.54, 1.807) is 24.3 Å². The van der Waals surface area contributed by atoms with Crippen molar-refractivity contribution in [2.24, 2.45) is 0 Å². The van der Waals surface area contributed by atoms with Gasteiger partial charge in [0.1, 0.15) is 12.9 Å².